The fourth-order valence-electron chi connectivity index (χ4n) is 3.18. The molecule has 1 N–H and O–H groups in total. The van der Waals surface area contributed by atoms with Crippen LogP contribution in [0.1, 0.15) is 35.1 Å². The highest BCUT2D eigenvalue weighted by Crippen LogP contribution is 2.32. The topological polar surface area (TPSA) is 49.0 Å². The smallest absolute Gasteiger partial charge is 0.254 e. The molecule has 1 aliphatic heterocycles. The predicted octanol–water partition coefficient (Wildman–Crippen LogP) is 3.68. The Bertz CT molecular complexity index is 823. The third kappa shape index (κ3) is 2.48. The highest BCUT2D eigenvalue weighted by Gasteiger charge is 2.32. The Hall–Kier alpha value is -2.69. The zero-order valence-electron chi connectivity index (χ0n) is 12.5. The molecular weight excluding hydrogens is 293 g/mol. The number of hydrogen-bond acceptors (Lipinski definition) is 2. The number of hydrogen-bond donors (Lipinski definition) is 1. The number of carbonyl (C=O) groups excluding carboxylic acids is 1. The highest BCUT2D eigenvalue weighted by molar-refractivity contribution is 5.94. The van der Waals surface area contributed by atoms with Crippen molar-refractivity contribution in [3.63, 3.8) is 0 Å². The van der Waals surface area contributed by atoms with Gasteiger partial charge in [0.25, 0.3) is 5.91 Å². The van der Waals surface area contributed by atoms with E-state index in [1.54, 1.807) is 0 Å². The molecule has 1 atom stereocenters. The Morgan fingerprint density at radius 3 is 2.74 bits per heavy atom. The average Bonchev–Trinajstić information content (AvgIpc) is 3.21. The van der Waals surface area contributed by atoms with Crippen molar-refractivity contribution in [3.05, 3.63) is 65.7 Å². The van der Waals surface area contributed by atoms with Crippen molar-refractivity contribution in [2.24, 2.45) is 0 Å². The molecule has 116 valence electrons. The maximum absolute atomic E-state index is 13.0. The first-order valence-electron chi connectivity index (χ1n) is 7.73. The fraction of sp³-hybridized carbons (Fsp3) is 0.222. The van der Waals surface area contributed by atoms with E-state index in [2.05, 4.69) is 9.97 Å². The summed E-state index contributed by atoms with van der Waals surface area (Å²) in [6, 6.07) is 13.5. The second-order valence-corrected chi connectivity index (χ2v) is 5.80. The quantitative estimate of drug-likeness (QED) is 0.785. The van der Waals surface area contributed by atoms with Crippen LogP contribution in [0.5, 0.6) is 0 Å². The van der Waals surface area contributed by atoms with Crippen LogP contribution in [0.3, 0.4) is 0 Å². The Labute approximate surface area is 133 Å². The second kappa shape index (κ2) is 5.50. The molecule has 1 amide bonds. The molecule has 0 aliphatic carbocycles. The van der Waals surface area contributed by atoms with Crippen LogP contribution in [0.25, 0.3) is 11.0 Å². The highest BCUT2D eigenvalue weighted by atomic mass is 19.1. The van der Waals surface area contributed by atoms with E-state index < -0.39 is 0 Å². The number of aromatic amines is 1. The largest absolute Gasteiger partial charge is 0.340 e. The number of fused-ring (bicyclic) bond motifs is 1. The molecule has 0 radical (unpaired) electrons. The van der Waals surface area contributed by atoms with Gasteiger partial charge in [0.1, 0.15) is 11.6 Å². The van der Waals surface area contributed by atoms with E-state index in [1.807, 2.05) is 29.2 Å². The molecule has 1 aromatic heterocycles. The van der Waals surface area contributed by atoms with Crippen molar-refractivity contribution in [2.45, 2.75) is 18.9 Å². The monoisotopic (exact) mass is 309 g/mol. The van der Waals surface area contributed by atoms with E-state index in [0.717, 1.165) is 29.7 Å². The normalized spacial score (nSPS) is 17.8. The maximum Gasteiger partial charge on any atom is 0.254 e. The van der Waals surface area contributed by atoms with Gasteiger partial charge in [-0.25, -0.2) is 9.37 Å². The lowest BCUT2D eigenvalue weighted by Crippen LogP contribution is -2.31. The zero-order chi connectivity index (χ0) is 15.8. The van der Waals surface area contributed by atoms with Crippen molar-refractivity contribution in [1.82, 2.24) is 14.9 Å². The van der Waals surface area contributed by atoms with E-state index >= 15 is 0 Å². The lowest BCUT2D eigenvalue weighted by atomic mass is 10.1. The van der Waals surface area contributed by atoms with Crippen molar-refractivity contribution in [1.29, 1.82) is 0 Å². The van der Waals surface area contributed by atoms with Gasteiger partial charge < -0.3 is 9.88 Å². The van der Waals surface area contributed by atoms with Crippen LogP contribution in [0.2, 0.25) is 0 Å². The third-order valence-electron chi connectivity index (χ3n) is 4.33. The SMILES string of the molecule is O=C(c1ccc(F)cc1)N1CCC[C@H]1c1nc2ccccc2[nH]1. The van der Waals surface area contributed by atoms with Gasteiger partial charge in [0.15, 0.2) is 0 Å². The summed E-state index contributed by atoms with van der Waals surface area (Å²) in [5, 5.41) is 0. The van der Waals surface area contributed by atoms with Crippen LogP contribution in [-0.4, -0.2) is 27.3 Å². The number of likely N-dealkylation sites (tertiary alicyclic amines) is 1. The van der Waals surface area contributed by atoms with Gasteiger partial charge in [0, 0.05) is 12.1 Å². The summed E-state index contributed by atoms with van der Waals surface area (Å²) >= 11 is 0. The molecule has 1 aliphatic rings. The summed E-state index contributed by atoms with van der Waals surface area (Å²) in [6.07, 6.45) is 1.82. The van der Waals surface area contributed by atoms with Crippen LogP contribution in [0.4, 0.5) is 4.39 Å². The Morgan fingerprint density at radius 1 is 1.17 bits per heavy atom. The van der Waals surface area contributed by atoms with Gasteiger partial charge in [-0.2, -0.15) is 0 Å². The van der Waals surface area contributed by atoms with Gasteiger partial charge in [0.2, 0.25) is 0 Å². The van der Waals surface area contributed by atoms with Crippen molar-refractivity contribution < 1.29 is 9.18 Å². The summed E-state index contributed by atoms with van der Waals surface area (Å²) in [6.45, 7) is 0.692. The van der Waals surface area contributed by atoms with Gasteiger partial charge >= 0.3 is 0 Å². The molecule has 0 spiro atoms. The predicted molar refractivity (Wildman–Crippen MR) is 85.5 cm³/mol. The molecular formula is C18H16FN3O. The van der Waals surface area contributed by atoms with Crippen molar-refractivity contribution in [2.75, 3.05) is 6.54 Å². The van der Waals surface area contributed by atoms with Crippen molar-refractivity contribution >= 4 is 16.9 Å². The molecule has 1 saturated heterocycles. The summed E-state index contributed by atoms with van der Waals surface area (Å²) in [7, 11) is 0. The number of para-hydroxylation sites is 2. The summed E-state index contributed by atoms with van der Waals surface area (Å²) < 4.78 is 13.0. The average molecular weight is 309 g/mol. The number of carbonyl (C=O) groups is 1. The first kappa shape index (κ1) is 13.9. The first-order valence-corrected chi connectivity index (χ1v) is 7.73. The number of imidazole rings is 1. The molecule has 0 unspecified atom stereocenters. The lowest BCUT2D eigenvalue weighted by molar-refractivity contribution is 0.0730. The lowest BCUT2D eigenvalue weighted by Gasteiger charge is -2.23. The van der Waals surface area contributed by atoms with Gasteiger partial charge in [-0.15, -0.1) is 0 Å². The van der Waals surface area contributed by atoms with Crippen LogP contribution in [0, 0.1) is 5.82 Å². The third-order valence-corrected chi connectivity index (χ3v) is 4.33. The summed E-state index contributed by atoms with van der Waals surface area (Å²) in [4.78, 5) is 22.5. The minimum atomic E-state index is -0.336. The Morgan fingerprint density at radius 2 is 1.96 bits per heavy atom. The van der Waals surface area contributed by atoms with Crippen LogP contribution >= 0.6 is 0 Å². The minimum Gasteiger partial charge on any atom is -0.340 e. The molecule has 2 aromatic carbocycles. The number of halogens is 1. The number of nitrogens with one attached hydrogen (secondary N) is 1. The van der Waals surface area contributed by atoms with E-state index in [9.17, 15) is 9.18 Å². The van der Waals surface area contributed by atoms with E-state index in [1.165, 1.54) is 24.3 Å². The standard InChI is InChI=1S/C18H16FN3O/c19-13-9-7-12(8-10-13)18(23)22-11-3-6-16(22)17-20-14-4-1-2-5-15(14)21-17/h1-2,4-5,7-10,16H,3,6,11H2,(H,20,21)/t16-/m0/s1. The van der Waals surface area contributed by atoms with Crippen LogP contribution in [0.15, 0.2) is 48.5 Å². The molecule has 4 rings (SSSR count). The zero-order valence-corrected chi connectivity index (χ0v) is 12.5. The Balaban J connectivity index is 1.65. The maximum atomic E-state index is 13.0. The van der Waals surface area contributed by atoms with Gasteiger partial charge in [-0.1, -0.05) is 12.1 Å². The van der Waals surface area contributed by atoms with Crippen molar-refractivity contribution in [3.8, 4) is 0 Å². The fourth-order valence-corrected chi connectivity index (χ4v) is 3.18. The number of nitrogens with zero attached hydrogens (tertiary/aromatic N) is 2. The number of amides is 1. The second-order valence-electron chi connectivity index (χ2n) is 5.80. The van der Waals surface area contributed by atoms with E-state index in [0.29, 0.717) is 12.1 Å². The summed E-state index contributed by atoms with van der Waals surface area (Å²) in [5.74, 6) is 0.406. The number of aromatic nitrogens is 2. The first-order chi connectivity index (χ1) is 11.2. The molecule has 4 nitrogen and oxygen atoms in total. The van der Waals surface area contributed by atoms with Gasteiger partial charge in [-0.05, 0) is 49.2 Å². The number of rotatable bonds is 2. The molecule has 2 heterocycles. The molecule has 5 heteroatoms. The summed E-state index contributed by atoms with van der Waals surface area (Å²) in [5.41, 5.74) is 2.39. The molecule has 23 heavy (non-hydrogen) atoms. The van der Waals surface area contributed by atoms with Crippen LogP contribution < -0.4 is 0 Å². The van der Waals surface area contributed by atoms with Gasteiger partial charge in [0.05, 0.1) is 17.1 Å². The molecule has 3 aromatic rings. The Kier molecular flexibility index (Phi) is 3.33. The number of H-pyrrole nitrogens is 1. The molecule has 0 bridgehead atoms. The van der Waals surface area contributed by atoms with E-state index in [-0.39, 0.29) is 17.8 Å². The minimum absolute atomic E-state index is 0.0556. The molecule has 0 saturated carbocycles. The van der Waals surface area contributed by atoms with Crippen LogP contribution in [-0.2, 0) is 0 Å². The van der Waals surface area contributed by atoms with Gasteiger partial charge in [-0.3, -0.25) is 4.79 Å². The van der Waals surface area contributed by atoms with E-state index in [4.69, 9.17) is 0 Å². The molecule has 1 fully saturated rings. The number of benzene rings is 2.